The molecule has 0 saturated carbocycles. The Balaban J connectivity index is 2.14. The topological polar surface area (TPSA) is 106 Å². The molecule has 2 aromatic rings. The summed E-state index contributed by atoms with van der Waals surface area (Å²) in [7, 11) is 0. The van der Waals surface area contributed by atoms with Gasteiger partial charge in [0.1, 0.15) is 11.4 Å². The third kappa shape index (κ3) is 3.26. The second-order valence-electron chi connectivity index (χ2n) is 3.84. The van der Waals surface area contributed by atoms with Crippen LogP contribution in [0.2, 0.25) is 0 Å². The molecule has 0 saturated heterocycles. The van der Waals surface area contributed by atoms with Crippen molar-refractivity contribution in [2.45, 2.75) is 6.54 Å². The zero-order valence-electron chi connectivity index (χ0n) is 10.00. The van der Waals surface area contributed by atoms with Crippen molar-refractivity contribution in [3.63, 3.8) is 0 Å². The summed E-state index contributed by atoms with van der Waals surface area (Å²) in [4.78, 5) is 21.1. The number of halogens is 1. The van der Waals surface area contributed by atoms with Gasteiger partial charge in [0.2, 0.25) is 5.76 Å². The molecular formula is C12H9IN2O5. The minimum atomic E-state index is -1.16. The van der Waals surface area contributed by atoms with Gasteiger partial charge in [0.25, 0.3) is 5.69 Å². The SMILES string of the molecule is O=C(O)c1ccc(CNc2ccc(I)cc2[N+](=O)[O-])o1. The van der Waals surface area contributed by atoms with Crippen molar-refractivity contribution < 1.29 is 19.2 Å². The number of nitrogens with one attached hydrogen (secondary N) is 1. The van der Waals surface area contributed by atoms with Gasteiger partial charge in [-0.2, -0.15) is 0 Å². The fraction of sp³-hybridized carbons (Fsp3) is 0.0833. The van der Waals surface area contributed by atoms with Crippen molar-refractivity contribution in [2.24, 2.45) is 0 Å². The van der Waals surface area contributed by atoms with Crippen molar-refractivity contribution >= 4 is 39.9 Å². The first kappa shape index (κ1) is 14.3. The lowest BCUT2D eigenvalue weighted by Crippen LogP contribution is -2.02. The lowest BCUT2D eigenvalue weighted by Gasteiger charge is -2.05. The number of nitrogens with zero attached hydrogens (tertiary/aromatic N) is 1. The molecule has 2 N–H and O–H groups in total. The van der Waals surface area contributed by atoms with E-state index in [1.54, 1.807) is 12.1 Å². The van der Waals surface area contributed by atoms with Gasteiger partial charge in [-0.1, -0.05) is 0 Å². The summed E-state index contributed by atoms with van der Waals surface area (Å²) in [5.74, 6) is -0.939. The standard InChI is InChI=1S/C12H9IN2O5/c13-7-1-3-9(10(5-7)15(18)19)14-6-8-2-4-11(20-8)12(16)17/h1-5,14H,6H2,(H,16,17). The highest BCUT2D eigenvalue weighted by atomic mass is 127. The number of hydrogen-bond acceptors (Lipinski definition) is 5. The number of carboxylic acid groups (broad SMARTS) is 1. The summed E-state index contributed by atoms with van der Waals surface area (Å²) in [5.41, 5.74) is 0.311. The average Bonchev–Trinajstić information content (AvgIpc) is 2.86. The fourth-order valence-electron chi connectivity index (χ4n) is 1.58. The van der Waals surface area contributed by atoms with Gasteiger partial charge in [0, 0.05) is 9.64 Å². The Labute approximate surface area is 126 Å². The van der Waals surface area contributed by atoms with E-state index in [4.69, 9.17) is 9.52 Å². The van der Waals surface area contributed by atoms with Crippen LogP contribution in [0.15, 0.2) is 34.7 Å². The van der Waals surface area contributed by atoms with Crippen molar-refractivity contribution in [3.05, 3.63) is 55.5 Å². The van der Waals surface area contributed by atoms with Gasteiger partial charge in [-0.15, -0.1) is 0 Å². The van der Waals surface area contributed by atoms with Crippen LogP contribution in [0.1, 0.15) is 16.3 Å². The smallest absolute Gasteiger partial charge is 0.371 e. The summed E-state index contributed by atoms with van der Waals surface area (Å²) in [6, 6.07) is 7.63. The van der Waals surface area contributed by atoms with E-state index < -0.39 is 10.9 Å². The molecule has 0 aliphatic heterocycles. The van der Waals surface area contributed by atoms with Gasteiger partial charge in [-0.05, 0) is 46.9 Å². The van der Waals surface area contributed by atoms with Crippen LogP contribution < -0.4 is 5.32 Å². The van der Waals surface area contributed by atoms with Crippen LogP contribution in [0, 0.1) is 13.7 Å². The number of benzene rings is 1. The largest absolute Gasteiger partial charge is 0.475 e. The molecule has 0 amide bonds. The zero-order valence-corrected chi connectivity index (χ0v) is 12.2. The lowest BCUT2D eigenvalue weighted by atomic mass is 10.2. The van der Waals surface area contributed by atoms with E-state index >= 15 is 0 Å². The van der Waals surface area contributed by atoms with Crippen LogP contribution >= 0.6 is 22.6 Å². The number of nitro groups is 1. The van der Waals surface area contributed by atoms with Gasteiger partial charge in [0.15, 0.2) is 0 Å². The van der Waals surface area contributed by atoms with Crippen LogP contribution in [0.4, 0.5) is 11.4 Å². The molecule has 0 aliphatic carbocycles. The average molecular weight is 388 g/mol. The maximum atomic E-state index is 10.9. The van der Waals surface area contributed by atoms with E-state index in [0.717, 1.165) is 3.57 Å². The molecule has 0 fully saturated rings. The van der Waals surface area contributed by atoms with Crippen LogP contribution in [-0.4, -0.2) is 16.0 Å². The Morgan fingerprint density at radius 3 is 2.75 bits per heavy atom. The molecule has 0 bridgehead atoms. The van der Waals surface area contributed by atoms with Crippen LogP contribution in [0.5, 0.6) is 0 Å². The predicted molar refractivity (Wildman–Crippen MR) is 78.8 cm³/mol. The fourth-order valence-corrected chi connectivity index (χ4v) is 2.05. The number of carboxylic acids is 1. The van der Waals surface area contributed by atoms with Crippen LogP contribution in [0.25, 0.3) is 0 Å². The molecule has 0 atom stereocenters. The first-order valence-electron chi connectivity index (χ1n) is 5.47. The third-order valence-corrected chi connectivity index (χ3v) is 3.15. The van der Waals surface area contributed by atoms with E-state index in [0.29, 0.717) is 11.4 Å². The number of hydrogen-bond donors (Lipinski definition) is 2. The Bertz CT molecular complexity index is 668. The van der Waals surface area contributed by atoms with E-state index in [1.165, 1.54) is 18.2 Å². The molecule has 0 spiro atoms. The minimum Gasteiger partial charge on any atom is -0.475 e. The van der Waals surface area contributed by atoms with Gasteiger partial charge >= 0.3 is 5.97 Å². The third-order valence-electron chi connectivity index (χ3n) is 2.48. The maximum Gasteiger partial charge on any atom is 0.371 e. The van der Waals surface area contributed by atoms with Gasteiger partial charge in [-0.3, -0.25) is 10.1 Å². The van der Waals surface area contributed by atoms with Crippen LogP contribution in [0.3, 0.4) is 0 Å². The molecule has 1 aromatic heterocycles. The first-order chi connectivity index (χ1) is 9.47. The first-order valence-corrected chi connectivity index (χ1v) is 6.55. The highest BCUT2D eigenvalue weighted by Gasteiger charge is 2.15. The summed E-state index contributed by atoms with van der Waals surface area (Å²) in [5, 5.41) is 22.5. The molecule has 0 aliphatic rings. The Hall–Kier alpha value is -2.10. The molecular weight excluding hydrogens is 379 g/mol. The van der Waals surface area contributed by atoms with E-state index in [-0.39, 0.29) is 18.0 Å². The number of furan rings is 1. The van der Waals surface area contributed by atoms with E-state index in [2.05, 4.69) is 5.32 Å². The lowest BCUT2D eigenvalue weighted by molar-refractivity contribution is -0.384. The molecule has 8 heteroatoms. The maximum absolute atomic E-state index is 10.9. The highest BCUT2D eigenvalue weighted by molar-refractivity contribution is 14.1. The molecule has 1 aromatic carbocycles. The molecule has 0 radical (unpaired) electrons. The summed E-state index contributed by atoms with van der Waals surface area (Å²) in [6.07, 6.45) is 0. The predicted octanol–water partition coefficient (Wildman–Crippen LogP) is 3.10. The summed E-state index contributed by atoms with van der Waals surface area (Å²) < 4.78 is 5.81. The van der Waals surface area contributed by atoms with Crippen molar-refractivity contribution in [3.8, 4) is 0 Å². The van der Waals surface area contributed by atoms with E-state index in [9.17, 15) is 14.9 Å². The van der Waals surface area contributed by atoms with Crippen molar-refractivity contribution in [1.82, 2.24) is 0 Å². The van der Waals surface area contributed by atoms with Crippen molar-refractivity contribution in [1.29, 1.82) is 0 Å². The molecule has 20 heavy (non-hydrogen) atoms. The molecule has 0 unspecified atom stereocenters. The number of anilines is 1. The molecule has 7 nitrogen and oxygen atoms in total. The monoisotopic (exact) mass is 388 g/mol. The Kier molecular flexibility index (Phi) is 4.23. The van der Waals surface area contributed by atoms with Gasteiger partial charge in [0.05, 0.1) is 11.5 Å². The zero-order chi connectivity index (χ0) is 14.7. The molecule has 1 heterocycles. The molecule has 104 valence electrons. The Morgan fingerprint density at radius 1 is 1.40 bits per heavy atom. The number of aromatic carboxylic acids is 1. The second kappa shape index (κ2) is 5.90. The minimum absolute atomic E-state index is 0.0399. The second-order valence-corrected chi connectivity index (χ2v) is 5.09. The summed E-state index contributed by atoms with van der Waals surface area (Å²) in [6.45, 7) is 0.161. The Morgan fingerprint density at radius 2 is 2.15 bits per heavy atom. The number of rotatable bonds is 5. The van der Waals surface area contributed by atoms with Crippen molar-refractivity contribution in [2.75, 3.05) is 5.32 Å². The van der Waals surface area contributed by atoms with Gasteiger partial charge in [-0.25, -0.2) is 4.79 Å². The summed E-state index contributed by atoms with van der Waals surface area (Å²) >= 11 is 1.99. The van der Waals surface area contributed by atoms with Crippen LogP contribution in [-0.2, 0) is 6.54 Å². The number of nitro benzene ring substituents is 1. The van der Waals surface area contributed by atoms with Gasteiger partial charge < -0.3 is 14.8 Å². The molecule has 2 rings (SSSR count). The normalized spacial score (nSPS) is 10.2. The highest BCUT2D eigenvalue weighted by Crippen LogP contribution is 2.26. The number of carbonyl (C=O) groups is 1. The van der Waals surface area contributed by atoms with E-state index in [1.807, 2.05) is 22.6 Å². The quantitative estimate of drug-likeness (QED) is 0.463.